The molecule has 35 heavy (non-hydrogen) atoms. The largest absolute Gasteiger partial charge is 0.497 e. The Morgan fingerprint density at radius 2 is 1.74 bits per heavy atom. The molecule has 1 aliphatic heterocycles. The van der Waals surface area contributed by atoms with Crippen molar-refractivity contribution in [3.8, 4) is 34.2 Å². The summed E-state index contributed by atoms with van der Waals surface area (Å²) in [5, 5.41) is 4.63. The summed E-state index contributed by atoms with van der Waals surface area (Å²) in [7, 11) is 1.57. The van der Waals surface area contributed by atoms with Gasteiger partial charge in [0.2, 0.25) is 6.10 Å². The number of ether oxygens (including phenoxy) is 3. The van der Waals surface area contributed by atoms with Crippen LogP contribution in [0.25, 0.3) is 16.9 Å². The van der Waals surface area contributed by atoms with Crippen molar-refractivity contribution < 1.29 is 23.8 Å². The molecule has 1 aromatic heterocycles. The van der Waals surface area contributed by atoms with Crippen molar-refractivity contribution in [1.29, 1.82) is 0 Å². The normalized spacial score (nSPS) is 14.1. The average molecular weight is 470 g/mol. The van der Waals surface area contributed by atoms with Crippen molar-refractivity contribution >= 4 is 11.8 Å². The zero-order valence-corrected chi connectivity index (χ0v) is 18.8. The summed E-state index contributed by atoms with van der Waals surface area (Å²) < 4.78 is 18.2. The van der Waals surface area contributed by atoms with Gasteiger partial charge in [0.15, 0.2) is 11.5 Å². The molecule has 2 amide bonds. The molecule has 0 saturated heterocycles. The summed E-state index contributed by atoms with van der Waals surface area (Å²) in [5.41, 5.74) is 7.07. The number of rotatable bonds is 5. The maximum absolute atomic E-state index is 13.1. The highest BCUT2D eigenvalue weighted by Crippen LogP contribution is 2.31. The maximum atomic E-state index is 13.1. The van der Waals surface area contributed by atoms with E-state index in [9.17, 15) is 9.59 Å². The molecule has 0 bridgehead atoms. The number of carbonyl (C=O) groups excluding carboxylic acids is 2. The third kappa shape index (κ3) is 4.65. The molecule has 3 aromatic carbocycles. The Hall–Kier alpha value is -4.79. The Bertz CT molecular complexity index is 1370. The fourth-order valence-corrected chi connectivity index (χ4v) is 3.65. The lowest BCUT2D eigenvalue weighted by atomic mass is 10.1. The van der Waals surface area contributed by atoms with Gasteiger partial charge in [-0.05, 0) is 36.4 Å². The van der Waals surface area contributed by atoms with Crippen molar-refractivity contribution in [2.45, 2.75) is 6.10 Å². The van der Waals surface area contributed by atoms with Crippen LogP contribution in [0.1, 0.15) is 10.4 Å². The fourth-order valence-electron chi connectivity index (χ4n) is 3.65. The molecule has 2 heterocycles. The van der Waals surface area contributed by atoms with Crippen molar-refractivity contribution in [3.05, 3.63) is 90.6 Å². The number of carbonyl (C=O) groups is 2. The molecule has 9 nitrogen and oxygen atoms in total. The molecule has 0 aliphatic carbocycles. The molecule has 1 aliphatic rings. The molecule has 5 rings (SSSR count). The minimum atomic E-state index is -0.907. The van der Waals surface area contributed by atoms with Gasteiger partial charge in [-0.3, -0.25) is 20.4 Å². The lowest BCUT2D eigenvalue weighted by Gasteiger charge is -2.25. The van der Waals surface area contributed by atoms with Crippen LogP contribution in [-0.2, 0) is 4.79 Å². The minimum absolute atomic E-state index is 0.0275. The first kappa shape index (κ1) is 22.0. The molecule has 1 atom stereocenters. The Morgan fingerprint density at radius 1 is 0.971 bits per heavy atom. The quantitative estimate of drug-likeness (QED) is 0.435. The Morgan fingerprint density at radius 3 is 2.54 bits per heavy atom. The van der Waals surface area contributed by atoms with Crippen molar-refractivity contribution in [2.24, 2.45) is 0 Å². The molecule has 0 fully saturated rings. The van der Waals surface area contributed by atoms with Crippen LogP contribution >= 0.6 is 0 Å². The second kappa shape index (κ2) is 9.60. The standard InChI is InChI=1S/C26H22N4O5/c1-33-19-11-7-8-17(14-19)24-20(15-30(29-24)18-9-3-2-4-10-18)25(31)27-28-26(32)23-16-34-21-12-5-6-13-22(21)35-23/h2-15,23H,16H2,1H3,(H,27,31)(H,28,32)/t23-/m0/s1. The third-order valence-corrected chi connectivity index (χ3v) is 5.42. The van der Waals surface area contributed by atoms with Crippen LogP contribution in [0.4, 0.5) is 0 Å². The Balaban J connectivity index is 1.36. The van der Waals surface area contributed by atoms with Gasteiger partial charge in [0.1, 0.15) is 18.1 Å². The lowest BCUT2D eigenvalue weighted by Crippen LogP contribution is -2.50. The van der Waals surface area contributed by atoms with Crippen molar-refractivity contribution in [3.63, 3.8) is 0 Å². The van der Waals surface area contributed by atoms with Crippen LogP contribution < -0.4 is 25.1 Å². The number of fused-ring (bicyclic) bond motifs is 1. The van der Waals surface area contributed by atoms with E-state index in [-0.39, 0.29) is 12.2 Å². The molecule has 0 unspecified atom stereocenters. The van der Waals surface area contributed by atoms with E-state index in [1.165, 1.54) is 0 Å². The maximum Gasteiger partial charge on any atom is 0.283 e. The van der Waals surface area contributed by atoms with Gasteiger partial charge < -0.3 is 14.2 Å². The van der Waals surface area contributed by atoms with E-state index in [2.05, 4.69) is 16.0 Å². The van der Waals surface area contributed by atoms with Gasteiger partial charge in [-0.1, -0.05) is 42.5 Å². The van der Waals surface area contributed by atoms with Crippen LogP contribution in [0.15, 0.2) is 85.1 Å². The number of para-hydroxylation sites is 3. The number of hydrogen-bond acceptors (Lipinski definition) is 6. The monoisotopic (exact) mass is 470 g/mol. The summed E-state index contributed by atoms with van der Waals surface area (Å²) in [5.74, 6) is 0.597. The molecular weight excluding hydrogens is 448 g/mol. The first-order chi connectivity index (χ1) is 17.1. The van der Waals surface area contributed by atoms with Gasteiger partial charge in [-0.2, -0.15) is 5.10 Å². The van der Waals surface area contributed by atoms with Gasteiger partial charge in [0, 0.05) is 11.8 Å². The first-order valence-electron chi connectivity index (χ1n) is 10.9. The first-order valence-corrected chi connectivity index (χ1v) is 10.9. The van der Waals surface area contributed by atoms with Crippen LogP contribution in [0.3, 0.4) is 0 Å². The number of aromatic nitrogens is 2. The highest BCUT2D eigenvalue weighted by atomic mass is 16.6. The highest BCUT2D eigenvalue weighted by molar-refractivity contribution is 6.01. The number of hydrogen-bond donors (Lipinski definition) is 2. The van der Waals surface area contributed by atoms with Gasteiger partial charge in [-0.15, -0.1) is 0 Å². The molecular formula is C26H22N4O5. The van der Waals surface area contributed by atoms with Crippen LogP contribution in [0.5, 0.6) is 17.2 Å². The predicted molar refractivity (Wildman–Crippen MR) is 128 cm³/mol. The highest BCUT2D eigenvalue weighted by Gasteiger charge is 2.28. The van der Waals surface area contributed by atoms with Crippen LogP contribution in [-0.4, -0.2) is 41.4 Å². The zero-order valence-electron chi connectivity index (χ0n) is 18.8. The molecule has 0 saturated carbocycles. The number of nitrogens with zero attached hydrogens (tertiary/aromatic N) is 2. The van der Waals surface area contributed by atoms with Crippen molar-refractivity contribution in [2.75, 3.05) is 13.7 Å². The smallest absolute Gasteiger partial charge is 0.283 e. The molecule has 9 heteroatoms. The van der Waals surface area contributed by atoms with E-state index in [1.807, 2.05) is 54.6 Å². The molecule has 0 spiro atoms. The fraction of sp³-hybridized carbons (Fsp3) is 0.115. The van der Waals surface area contributed by atoms with E-state index in [1.54, 1.807) is 42.3 Å². The summed E-state index contributed by atoms with van der Waals surface area (Å²) in [6.07, 6.45) is 0.706. The number of methoxy groups -OCH3 is 1. The van der Waals surface area contributed by atoms with E-state index >= 15 is 0 Å². The summed E-state index contributed by atoms with van der Waals surface area (Å²) in [4.78, 5) is 25.8. The summed E-state index contributed by atoms with van der Waals surface area (Å²) in [6.45, 7) is 0.0275. The van der Waals surface area contributed by atoms with Gasteiger partial charge in [0.25, 0.3) is 11.8 Å². The van der Waals surface area contributed by atoms with E-state index in [0.717, 1.165) is 5.69 Å². The lowest BCUT2D eigenvalue weighted by molar-refractivity contribution is -0.131. The molecule has 2 N–H and O–H groups in total. The van der Waals surface area contributed by atoms with E-state index in [4.69, 9.17) is 14.2 Å². The van der Waals surface area contributed by atoms with Crippen LogP contribution in [0.2, 0.25) is 0 Å². The average Bonchev–Trinajstić information content (AvgIpc) is 3.37. The van der Waals surface area contributed by atoms with Gasteiger partial charge in [-0.25, -0.2) is 4.68 Å². The zero-order chi connectivity index (χ0) is 24.2. The molecule has 4 aromatic rings. The Kier molecular flexibility index (Phi) is 6.04. The van der Waals surface area contributed by atoms with Gasteiger partial charge >= 0.3 is 0 Å². The minimum Gasteiger partial charge on any atom is -0.497 e. The topological polar surface area (TPSA) is 104 Å². The van der Waals surface area contributed by atoms with E-state index in [0.29, 0.717) is 28.5 Å². The number of benzene rings is 3. The molecule has 176 valence electrons. The van der Waals surface area contributed by atoms with Gasteiger partial charge in [0.05, 0.1) is 18.4 Å². The summed E-state index contributed by atoms with van der Waals surface area (Å²) >= 11 is 0. The number of hydrazine groups is 1. The summed E-state index contributed by atoms with van der Waals surface area (Å²) in [6, 6.07) is 23.7. The second-order valence-corrected chi connectivity index (χ2v) is 7.71. The third-order valence-electron chi connectivity index (χ3n) is 5.42. The SMILES string of the molecule is COc1cccc(-c2nn(-c3ccccc3)cc2C(=O)NNC(=O)[C@@H]2COc3ccccc3O2)c1. The molecule has 0 radical (unpaired) electrons. The van der Waals surface area contributed by atoms with Crippen molar-refractivity contribution in [1.82, 2.24) is 20.6 Å². The Labute approximate surface area is 201 Å². The van der Waals surface area contributed by atoms with E-state index < -0.39 is 17.9 Å². The van der Waals surface area contributed by atoms with Crippen LogP contribution in [0, 0.1) is 0 Å². The number of nitrogens with one attached hydrogen (secondary N) is 2. The number of amides is 2. The second-order valence-electron chi connectivity index (χ2n) is 7.71. The predicted octanol–water partition coefficient (Wildman–Crippen LogP) is 3.15.